The molecule has 6 heteroatoms. The Morgan fingerprint density at radius 1 is 1.20 bits per heavy atom. The monoisotopic (exact) mass is 291 g/mol. The fourth-order valence-corrected chi connectivity index (χ4v) is 1.48. The predicted octanol–water partition coefficient (Wildman–Crippen LogP) is -2.17. The number of phenolic OH excluding ortho intramolecular Hbond substituents is 1. The maximum Gasteiger partial charge on any atom is 0.305 e. The number of hydrazone groups is 1. The number of hydrogen-bond acceptors (Lipinski definition) is 3. The van der Waals surface area contributed by atoms with Gasteiger partial charge in [-0.2, -0.15) is 9.67 Å². The summed E-state index contributed by atoms with van der Waals surface area (Å²) in [6.45, 7) is 0.216. The normalized spacial score (nSPS) is 10.0. The third-order valence-electron chi connectivity index (χ3n) is 2.40. The lowest BCUT2D eigenvalue weighted by atomic mass is 10.2. The van der Waals surface area contributed by atoms with Crippen LogP contribution in [0.15, 0.2) is 60.0 Å². The van der Waals surface area contributed by atoms with E-state index in [-0.39, 0.29) is 30.6 Å². The lowest BCUT2D eigenvalue weighted by Crippen LogP contribution is -3.00. The first-order chi connectivity index (χ1) is 9.24. The molecule has 0 aliphatic heterocycles. The van der Waals surface area contributed by atoms with Crippen molar-refractivity contribution in [3.63, 3.8) is 0 Å². The standard InChI is InChI=1S/C14H13N3O2.ClH/c18-13-6-4-12(5-7-13)10-15-16-14(19)11-17-8-2-1-3-9-17;/h1-10H,11H2,(H-,15,16,18,19);1H. The van der Waals surface area contributed by atoms with Crippen molar-refractivity contribution in [2.45, 2.75) is 6.54 Å². The van der Waals surface area contributed by atoms with Crippen LogP contribution in [0.3, 0.4) is 0 Å². The number of carbonyl (C=O) groups is 1. The quantitative estimate of drug-likeness (QED) is 0.383. The summed E-state index contributed by atoms with van der Waals surface area (Å²) < 4.78 is 1.76. The Morgan fingerprint density at radius 2 is 1.85 bits per heavy atom. The van der Waals surface area contributed by atoms with Gasteiger partial charge in [0, 0.05) is 12.1 Å². The van der Waals surface area contributed by atoms with Gasteiger partial charge in [0.15, 0.2) is 12.4 Å². The number of benzene rings is 1. The molecule has 0 aliphatic rings. The molecule has 0 saturated carbocycles. The van der Waals surface area contributed by atoms with E-state index in [1.54, 1.807) is 28.8 Å². The largest absolute Gasteiger partial charge is 1.00 e. The molecular formula is C14H14ClN3O2. The first kappa shape index (κ1) is 15.7. The van der Waals surface area contributed by atoms with E-state index in [0.29, 0.717) is 0 Å². The molecule has 0 unspecified atom stereocenters. The predicted molar refractivity (Wildman–Crippen MR) is 70.5 cm³/mol. The number of nitrogens with one attached hydrogen (secondary N) is 1. The number of phenols is 1. The lowest BCUT2D eigenvalue weighted by molar-refractivity contribution is -0.684. The number of nitrogens with zero attached hydrogens (tertiary/aromatic N) is 2. The number of amides is 1. The van der Waals surface area contributed by atoms with Crippen molar-refractivity contribution in [3.05, 3.63) is 60.4 Å². The average Bonchev–Trinajstić information content (AvgIpc) is 2.42. The van der Waals surface area contributed by atoms with Crippen molar-refractivity contribution in [2.75, 3.05) is 0 Å². The summed E-state index contributed by atoms with van der Waals surface area (Å²) in [5, 5.41) is 13.0. The highest BCUT2D eigenvalue weighted by molar-refractivity contribution is 5.82. The highest BCUT2D eigenvalue weighted by Crippen LogP contribution is 2.07. The first-order valence-electron chi connectivity index (χ1n) is 5.79. The van der Waals surface area contributed by atoms with Gasteiger partial charge in [0.25, 0.3) is 0 Å². The minimum absolute atomic E-state index is 0. The summed E-state index contributed by atoms with van der Waals surface area (Å²) in [4.78, 5) is 11.6. The maximum absolute atomic E-state index is 11.6. The molecule has 1 amide bonds. The lowest BCUT2D eigenvalue weighted by Gasteiger charge is -1.97. The molecule has 2 aromatic rings. The number of halogens is 1. The number of rotatable bonds is 4. The van der Waals surface area contributed by atoms with Crippen molar-refractivity contribution in [1.82, 2.24) is 5.43 Å². The van der Waals surface area contributed by atoms with Crippen LogP contribution in [0.2, 0.25) is 0 Å². The second-order valence-electron chi connectivity index (χ2n) is 3.93. The molecule has 2 N–H and O–H groups in total. The SMILES string of the molecule is O=C(C[n+]1ccccc1)N/N=C\c1ccc(O)cc1.[Cl-]. The van der Waals surface area contributed by atoms with Crippen LogP contribution in [-0.2, 0) is 11.3 Å². The summed E-state index contributed by atoms with van der Waals surface area (Å²) in [7, 11) is 0. The minimum Gasteiger partial charge on any atom is -1.00 e. The van der Waals surface area contributed by atoms with Crippen LogP contribution >= 0.6 is 0 Å². The Morgan fingerprint density at radius 3 is 2.50 bits per heavy atom. The van der Waals surface area contributed by atoms with Gasteiger partial charge >= 0.3 is 5.91 Å². The molecule has 1 aromatic carbocycles. The second-order valence-corrected chi connectivity index (χ2v) is 3.93. The fraction of sp³-hybridized carbons (Fsp3) is 0.0714. The van der Waals surface area contributed by atoms with E-state index in [1.807, 2.05) is 30.6 Å². The number of aromatic nitrogens is 1. The first-order valence-corrected chi connectivity index (χ1v) is 5.79. The van der Waals surface area contributed by atoms with Crippen LogP contribution in [0, 0.1) is 0 Å². The molecule has 0 saturated heterocycles. The smallest absolute Gasteiger partial charge is 0.305 e. The zero-order chi connectivity index (χ0) is 13.5. The number of pyridine rings is 1. The van der Waals surface area contributed by atoms with E-state index in [2.05, 4.69) is 10.5 Å². The number of aromatic hydroxyl groups is 1. The third-order valence-corrected chi connectivity index (χ3v) is 2.40. The van der Waals surface area contributed by atoms with Crippen LogP contribution in [-0.4, -0.2) is 17.2 Å². The van der Waals surface area contributed by atoms with Crippen LogP contribution in [0.5, 0.6) is 5.75 Å². The molecule has 5 nitrogen and oxygen atoms in total. The van der Waals surface area contributed by atoms with Crippen LogP contribution < -0.4 is 22.4 Å². The summed E-state index contributed by atoms with van der Waals surface area (Å²) in [6, 6.07) is 12.1. The summed E-state index contributed by atoms with van der Waals surface area (Å²) in [5.74, 6) is -0.00658. The fourth-order valence-electron chi connectivity index (χ4n) is 1.48. The molecule has 1 heterocycles. The van der Waals surface area contributed by atoms with Crippen molar-refractivity contribution >= 4 is 12.1 Å². The van der Waals surface area contributed by atoms with Gasteiger partial charge in [-0.25, -0.2) is 5.43 Å². The van der Waals surface area contributed by atoms with Gasteiger partial charge in [-0.3, -0.25) is 4.79 Å². The van der Waals surface area contributed by atoms with E-state index in [1.165, 1.54) is 6.21 Å². The Hall–Kier alpha value is -2.40. The van der Waals surface area contributed by atoms with Crippen molar-refractivity contribution in [3.8, 4) is 5.75 Å². The van der Waals surface area contributed by atoms with Crippen molar-refractivity contribution in [1.29, 1.82) is 0 Å². The zero-order valence-electron chi connectivity index (χ0n) is 10.6. The third kappa shape index (κ3) is 5.07. The highest BCUT2D eigenvalue weighted by Gasteiger charge is 2.06. The Kier molecular flexibility index (Phi) is 6.19. The molecule has 0 aliphatic carbocycles. The van der Waals surface area contributed by atoms with Gasteiger partial charge < -0.3 is 17.5 Å². The zero-order valence-corrected chi connectivity index (χ0v) is 11.4. The summed E-state index contributed by atoms with van der Waals surface area (Å²) in [6.07, 6.45) is 5.14. The summed E-state index contributed by atoms with van der Waals surface area (Å²) >= 11 is 0. The molecule has 2 rings (SSSR count). The van der Waals surface area contributed by atoms with Crippen molar-refractivity contribution in [2.24, 2.45) is 5.10 Å². The molecule has 0 atom stereocenters. The molecule has 0 fully saturated rings. The summed E-state index contributed by atoms with van der Waals surface area (Å²) in [5.41, 5.74) is 3.24. The number of carbonyl (C=O) groups excluding carboxylic acids is 1. The van der Waals surface area contributed by atoms with Crippen LogP contribution in [0.4, 0.5) is 0 Å². The molecule has 0 bridgehead atoms. The second kappa shape index (κ2) is 7.91. The van der Waals surface area contributed by atoms with Gasteiger partial charge in [0.1, 0.15) is 5.75 Å². The minimum atomic E-state index is -0.203. The highest BCUT2D eigenvalue weighted by atomic mass is 35.5. The Balaban J connectivity index is 0.00000200. The van der Waals surface area contributed by atoms with E-state index in [9.17, 15) is 4.79 Å². The van der Waals surface area contributed by atoms with Gasteiger partial charge in [0.05, 0.1) is 6.21 Å². The van der Waals surface area contributed by atoms with Gasteiger partial charge in [-0.1, -0.05) is 6.07 Å². The van der Waals surface area contributed by atoms with E-state index in [4.69, 9.17) is 5.11 Å². The van der Waals surface area contributed by atoms with Gasteiger partial charge in [-0.15, -0.1) is 0 Å². The van der Waals surface area contributed by atoms with E-state index in [0.717, 1.165) is 5.56 Å². The maximum atomic E-state index is 11.6. The Bertz CT molecular complexity index is 571. The van der Waals surface area contributed by atoms with Crippen LogP contribution in [0.25, 0.3) is 0 Å². The molecular weight excluding hydrogens is 278 g/mol. The van der Waals surface area contributed by atoms with E-state index >= 15 is 0 Å². The van der Waals surface area contributed by atoms with Crippen LogP contribution in [0.1, 0.15) is 5.56 Å². The van der Waals surface area contributed by atoms with Gasteiger partial charge in [-0.05, 0) is 29.8 Å². The van der Waals surface area contributed by atoms with Gasteiger partial charge in [0.2, 0.25) is 6.54 Å². The molecule has 0 spiro atoms. The topological polar surface area (TPSA) is 65.6 Å². The number of hydrogen-bond donors (Lipinski definition) is 2. The molecule has 104 valence electrons. The van der Waals surface area contributed by atoms with Crippen molar-refractivity contribution < 1.29 is 26.9 Å². The molecule has 0 radical (unpaired) electrons. The molecule has 20 heavy (non-hydrogen) atoms. The molecule has 1 aromatic heterocycles. The van der Waals surface area contributed by atoms with E-state index < -0.39 is 0 Å². The average molecular weight is 292 g/mol. The Labute approximate surface area is 123 Å².